The van der Waals surface area contributed by atoms with Gasteiger partial charge in [0.2, 0.25) is 5.43 Å². The molecule has 4 rings (SSSR count). The lowest BCUT2D eigenvalue weighted by Crippen LogP contribution is -2.47. The molecule has 1 heterocycles. The van der Waals surface area contributed by atoms with Crippen molar-refractivity contribution in [3.8, 4) is 0 Å². The third-order valence-electron chi connectivity index (χ3n) is 6.96. The monoisotopic (exact) mass is 521 g/mol. The highest BCUT2D eigenvalue weighted by molar-refractivity contribution is 5.72. The van der Waals surface area contributed by atoms with E-state index >= 15 is 0 Å². The van der Waals surface area contributed by atoms with E-state index in [-0.39, 0.29) is 35.6 Å². The molecule has 0 bridgehead atoms. The second-order valence-corrected chi connectivity index (χ2v) is 9.97. The lowest BCUT2D eigenvalue weighted by Gasteiger charge is -2.39. The van der Waals surface area contributed by atoms with E-state index in [1.165, 1.54) is 24.3 Å². The van der Waals surface area contributed by atoms with Gasteiger partial charge in [-0.05, 0) is 52.9 Å². The molecular formula is C30H33F2N3O3. The largest absolute Gasteiger partial charge is 0.480 e. The zero-order valence-corrected chi connectivity index (χ0v) is 21.7. The minimum absolute atomic E-state index is 0.150. The van der Waals surface area contributed by atoms with Crippen LogP contribution in [0.1, 0.15) is 48.1 Å². The maximum atomic E-state index is 13.6. The number of piperazine rings is 1. The van der Waals surface area contributed by atoms with E-state index in [9.17, 15) is 18.4 Å². The Balaban J connectivity index is 1.53. The van der Waals surface area contributed by atoms with Gasteiger partial charge < -0.3 is 10.4 Å². The maximum Gasteiger partial charge on any atom is 0.322 e. The third kappa shape index (κ3) is 6.82. The lowest BCUT2D eigenvalue weighted by molar-refractivity contribution is -0.134. The van der Waals surface area contributed by atoms with Gasteiger partial charge in [0.15, 0.2) is 0 Å². The van der Waals surface area contributed by atoms with Crippen molar-refractivity contribution in [2.45, 2.75) is 32.4 Å². The number of carboxylic acid groups (broad SMARTS) is 1. The van der Waals surface area contributed by atoms with Crippen molar-refractivity contribution in [1.82, 2.24) is 9.80 Å². The molecule has 1 aliphatic rings. The Bertz CT molecular complexity index is 1260. The van der Waals surface area contributed by atoms with Crippen molar-refractivity contribution in [1.29, 1.82) is 0 Å². The van der Waals surface area contributed by atoms with Crippen molar-refractivity contribution >= 4 is 11.7 Å². The molecule has 0 aromatic heterocycles. The maximum absolute atomic E-state index is 13.6. The molecule has 0 saturated carbocycles. The van der Waals surface area contributed by atoms with Gasteiger partial charge in [0, 0.05) is 38.3 Å². The molecule has 2 N–H and O–H groups in total. The number of nitrogens with one attached hydrogen (secondary N) is 1. The van der Waals surface area contributed by atoms with Gasteiger partial charge in [0.25, 0.3) is 0 Å². The van der Waals surface area contributed by atoms with E-state index in [0.29, 0.717) is 44.0 Å². The fourth-order valence-corrected chi connectivity index (χ4v) is 4.84. The summed E-state index contributed by atoms with van der Waals surface area (Å²) < 4.78 is 27.2. The van der Waals surface area contributed by atoms with Crippen LogP contribution in [-0.4, -0.2) is 53.6 Å². The summed E-state index contributed by atoms with van der Waals surface area (Å²) in [5.41, 5.74) is 3.51. The minimum Gasteiger partial charge on any atom is -0.480 e. The standard InChI is InChI=1S/C30H33F2N3O3/c1-20(2)23-3-4-24(30(38)27(17-23)33-18-28(36)37)19-34-13-15-35(16-14-34)29(21-5-9-25(31)10-6-21)22-7-11-26(32)12-8-22/h3-12,17,20,29H,13-16,18-19H2,1-2H3,(H,33,38)(H,36,37). The SMILES string of the molecule is CC(C)c1ccc(CN2CCN(C(c3ccc(F)cc3)c3ccc(F)cc3)CC2)c(=O)c(NCC(=O)O)c1. The van der Waals surface area contributed by atoms with E-state index in [1.54, 1.807) is 30.3 Å². The summed E-state index contributed by atoms with van der Waals surface area (Å²) in [5.74, 6) is -1.47. The molecule has 0 aliphatic carbocycles. The molecule has 1 aliphatic heterocycles. The molecule has 3 aromatic carbocycles. The number of rotatable bonds is 9. The zero-order valence-electron chi connectivity index (χ0n) is 21.7. The molecule has 0 spiro atoms. The predicted octanol–water partition coefficient (Wildman–Crippen LogP) is 4.85. The molecule has 6 nitrogen and oxygen atoms in total. The summed E-state index contributed by atoms with van der Waals surface area (Å²) in [7, 11) is 0. The molecule has 0 atom stereocenters. The first kappa shape index (κ1) is 27.4. The van der Waals surface area contributed by atoms with E-state index in [1.807, 2.05) is 26.0 Å². The molecule has 0 radical (unpaired) electrons. The van der Waals surface area contributed by atoms with E-state index in [0.717, 1.165) is 16.7 Å². The zero-order chi connectivity index (χ0) is 27.2. The molecule has 38 heavy (non-hydrogen) atoms. The Hall–Kier alpha value is -3.62. The number of carbonyl (C=O) groups is 1. The van der Waals surface area contributed by atoms with Gasteiger partial charge in [-0.15, -0.1) is 0 Å². The topological polar surface area (TPSA) is 72.9 Å². The Morgan fingerprint density at radius 1 is 0.868 bits per heavy atom. The quantitative estimate of drug-likeness (QED) is 0.419. The van der Waals surface area contributed by atoms with E-state index in [2.05, 4.69) is 15.1 Å². The molecule has 8 heteroatoms. The first-order valence-corrected chi connectivity index (χ1v) is 12.8. The van der Waals surface area contributed by atoms with Gasteiger partial charge in [0.1, 0.15) is 18.2 Å². The number of anilines is 1. The van der Waals surface area contributed by atoms with Crippen molar-refractivity contribution in [2.24, 2.45) is 0 Å². The van der Waals surface area contributed by atoms with Crippen LogP contribution in [0.2, 0.25) is 0 Å². The first-order chi connectivity index (χ1) is 18.2. The van der Waals surface area contributed by atoms with E-state index < -0.39 is 5.97 Å². The molecule has 200 valence electrons. The number of carboxylic acids is 1. The predicted molar refractivity (Wildman–Crippen MR) is 144 cm³/mol. The minimum atomic E-state index is -1.03. The van der Waals surface area contributed by atoms with Gasteiger partial charge >= 0.3 is 5.97 Å². The fourth-order valence-electron chi connectivity index (χ4n) is 4.84. The van der Waals surface area contributed by atoms with Gasteiger partial charge in [-0.1, -0.05) is 50.2 Å². The van der Waals surface area contributed by atoms with Crippen LogP contribution in [0.15, 0.2) is 71.5 Å². The first-order valence-electron chi connectivity index (χ1n) is 12.8. The van der Waals surface area contributed by atoms with Crippen LogP contribution in [0.5, 0.6) is 0 Å². The second-order valence-electron chi connectivity index (χ2n) is 9.97. The van der Waals surface area contributed by atoms with Crippen LogP contribution in [-0.2, 0) is 11.3 Å². The molecule has 0 unspecified atom stereocenters. The fraction of sp³-hybridized carbons (Fsp3) is 0.333. The highest BCUT2D eigenvalue weighted by Gasteiger charge is 2.27. The number of benzene rings is 2. The van der Waals surface area contributed by atoms with Crippen LogP contribution < -0.4 is 10.7 Å². The molecule has 3 aromatic rings. The molecule has 1 fully saturated rings. The summed E-state index contributed by atoms with van der Waals surface area (Å²) in [4.78, 5) is 28.9. The second kappa shape index (κ2) is 12.3. The van der Waals surface area contributed by atoms with Crippen molar-refractivity contribution in [2.75, 3.05) is 38.0 Å². The highest BCUT2D eigenvalue weighted by atomic mass is 19.1. The van der Waals surface area contributed by atoms with E-state index in [4.69, 9.17) is 5.11 Å². The van der Waals surface area contributed by atoms with Crippen LogP contribution in [0.3, 0.4) is 0 Å². The Morgan fingerprint density at radius 3 is 1.89 bits per heavy atom. The van der Waals surface area contributed by atoms with Gasteiger partial charge in [-0.25, -0.2) is 8.78 Å². The Morgan fingerprint density at radius 2 is 1.39 bits per heavy atom. The number of nitrogens with zero attached hydrogens (tertiary/aromatic N) is 2. The molecule has 1 saturated heterocycles. The average Bonchev–Trinajstić information content (AvgIpc) is 3.05. The van der Waals surface area contributed by atoms with Gasteiger partial charge in [0.05, 0.1) is 11.7 Å². The summed E-state index contributed by atoms with van der Waals surface area (Å²) in [6, 6.07) is 18.2. The van der Waals surface area contributed by atoms with Gasteiger partial charge in [-0.2, -0.15) is 0 Å². The molecule has 0 amide bonds. The average molecular weight is 522 g/mol. The number of hydrogen-bond acceptors (Lipinski definition) is 5. The number of halogens is 2. The lowest BCUT2D eigenvalue weighted by atomic mass is 9.96. The number of hydrogen-bond donors (Lipinski definition) is 2. The normalized spacial score (nSPS) is 14.7. The van der Waals surface area contributed by atoms with Crippen molar-refractivity contribution < 1.29 is 18.7 Å². The summed E-state index contributed by atoms with van der Waals surface area (Å²) >= 11 is 0. The Kier molecular flexibility index (Phi) is 8.86. The third-order valence-corrected chi connectivity index (χ3v) is 6.96. The number of aliphatic carboxylic acids is 1. The van der Waals surface area contributed by atoms with Crippen LogP contribution >= 0.6 is 0 Å². The highest BCUT2D eigenvalue weighted by Crippen LogP contribution is 2.30. The summed E-state index contributed by atoms with van der Waals surface area (Å²) in [6.45, 7) is 6.97. The van der Waals surface area contributed by atoms with Crippen LogP contribution in [0, 0.1) is 11.6 Å². The smallest absolute Gasteiger partial charge is 0.322 e. The van der Waals surface area contributed by atoms with Gasteiger partial charge in [-0.3, -0.25) is 19.4 Å². The molecular weight excluding hydrogens is 488 g/mol. The van der Waals surface area contributed by atoms with Crippen LogP contribution in [0.25, 0.3) is 0 Å². The Labute approximate surface area is 221 Å². The van der Waals surface area contributed by atoms with Crippen molar-refractivity contribution in [3.63, 3.8) is 0 Å². The van der Waals surface area contributed by atoms with Crippen molar-refractivity contribution in [3.05, 3.63) is 111 Å². The van der Waals surface area contributed by atoms with Crippen LogP contribution in [0.4, 0.5) is 14.5 Å². The summed E-state index contributed by atoms with van der Waals surface area (Å²) in [5, 5.41) is 11.9. The summed E-state index contributed by atoms with van der Waals surface area (Å²) in [6.07, 6.45) is 0.